The van der Waals surface area contributed by atoms with Crippen LogP contribution in [-0.2, 0) is 12.6 Å². The van der Waals surface area contributed by atoms with E-state index in [4.69, 9.17) is 0 Å². The predicted molar refractivity (Wildman–Crippen MR) is 78.9 cm³/mol. The average molecular weight is 356 g/mol. The first-order valence-electron chi connectivity index (χ1n) is 6.61. The first-order valence-corrected chi connectivity index (χ1v) is 7.49. The molecule has 2 heterocycles. The molecule has 0 aliphatic heterocycles. The van der Waals surface area contributed by atoms with Gasteiger partial charge in [-0.15, -0.1) is 11.3 Å². The summed E-state index contributed by atoms with van der Waals surface area (Å²) in [5.41, 5.74) is -1.88. The fraction of sp³-hybridized carbons (Fsp3) is 0.133. The second-order valence-corrected chi connectivity index (χ2v) is 5.77. The van der Waals surface area contributed by atoms with E-state index in [0.717, 1.165) is 27.9 Å². The number of nitrogens with zero attached hydrogens (tertiary/aromatic N) is 2. The quantitative estimate of drug-likeness (QED) is 0.534. The number of hydrogen-bond donors (Lipinski definition) is 0. The maximum absolute atomic E-state index is 14.1. The number of halogens is 4. The third-order valence-corrected chi connectivity index (χ3v) is 4.20. The molecule has 0 N–H and O–H groups in total. The Bertz CT molecular complexity index is 991. The van der Waals surface area contributed by atoms with Crippen molar-refractivity contribution in [3.05, 3.63) is 68.3 Å². The monoisotopic (exact) mass is 356 g/mol. The fourth-order valence-corrected chi connectivity index (χ4v) is 3.15. The molecular formula is C15H8F4N2O2S. The van der Waals surface area contributed by atoms with Crippen LogP contribution in [0.1, 0.15) is 27.3 Å². The Morgan fingerprint density at radius 2 is 2.04 bits per heavy atom. The summed E-state index contributed by atoms with van der Waals surface area (Å²) in [6, 6.07) is 4.04. The van der Waals surface area contributed by atoms with Crippen LogP contribution in [0.5, 0.6) is 0 Å². The van der Waals surface area contributed by atoms with Gasteiger partial charge < -0.3 is 0 Å². The molecule has 0 aliphatic rings. The van der Waals surface area contributed by atoms with E-state index < -0.39 is 23.1 Å². The molecule has 24 heavy (non-hydrogen) atoms. The van der Waals surface area contributed by atoms with Gasteiger partial charge in [0, 0.05) is 17.9 Å². The smallest absolute Gasteiger partial charge is 0.296 e. The molecule has 0 unspecified atom stereocenters. The van der Waals surface area contributed by atoms with Gasteiger partial charge in [-0.2, -0.15) is 13.2 Å². The van der Waals surface area contributed by atoms with Crippen LogP contribution in [0.3, 0.4) is 0 Å². The van der Waals surface area contributed by atoms with Gasteiger partial charge in [-0.05, 0) is 11.6 Å². The fourth-order valence-electron chi connectivity index (χ4n) is 2.29. The highest BCUT2D eigenvalue weighted by Gasteiger charge is 2.34. The number of carbonyl (C=O) groups excluding carboxylic acids is 1. The van der Waals surface area contributed by atoms with E-state index in [1.165, 1.54) is 11.4 Å². The van der Waals surface area contributed by atoms with Crippen molar-refractivity contribution in [3.63, 3.8) is 0 Å². The summed E-state index contributed by atoms with van der Waals surface area (Å²) < 4.78 is 53.4. The second kappa shape index (κ2) is 5.82. The molecule has 0 atom stereocenters. The van der Waals surface area contributed by atoms with E-state index in [-0.39, 0.29) is 28.3 Å². The van der Waals surface area contributed by atoms with Crippen molar-refractivity contribution in [2.75, 3.05) is 0 Å². The number of carbonyl (C=O) groups is 1. The van der Waals surface area contributed by atoms with Gasteiger partial charge in [-0.3, -0.25) is 9.59 Å². The average Bonchev–Trinajstić information content (AvgIpc) is 2.91. The summed E-state index contributed by atoms with van der Waals surface area (Å²) in [4.78, 5) is 27.2. The summed E-state index contributed by atoms with van der Waals surface area (Å²) in [5.74, 6) is -1.38. The van der Waals surface area contributed by atoms with Crippen molar-refractivity contribution in [2.45, 2.75) is 12.6 Å². The van der Waals surface area contributed by atoms with Crippen molar-refractivity contribution in [3.8, 4) is 0 Å². The first-order chi connectivity index (χ1) is 11.3. The molecule has 3 aromatic rings. The molecule has 4 nitrogen and oxygen atoms in total. The molecule has 124 valence electrons. The summed E-state index contributed by atoms with van der Waals surface area (Å²) in [6.07, 6.45) is -4.57. The Morgan fingerprint density at radius 3 is 2.71 bits per heavy atom. The molecule has 0 saturated carbocycles. The van der Waals surface area contributed by atoms with Crippen molar-refractivity contribution >= 4 is 22.6 Å². The highest BCUT2D eigenvalue weighted by atomic mass is 32.1. The molecule has 0 amide bonds. The molecule has 0 bridgehead atoms. The lowest BCUT2D eigenvalue weighted by molar-refractivity contribution is -0.140. The number of alkyl halides is 3. The lowest BCUT2D eigenvalue weighted by atomic mass is 10.0. The Morgan fingerprint density at radius 1 is 1.29 bits per heavy atom. The minimum Gasteiger partial charge on any atom is -0.296 e. The van der Waals surface area contributed by atoms with Crippen LogP contribution in [0.15, 0.2) is 34.4 Å². The van der Waals surface area contributed by atoms with E-state index in [1.54, 1.807) is 0 Å². The van der Waals surface area contributed by atoms with Gasteiger partial charge in [0.2, 0.25) is 0 Å². The van der Waals surface area contributed by atoms with E-state index >= 15 is 0 Å². The van der Waals surface area contributed by atoms with Crippen LogP contribution in [0.2, 0.25) is 0 Å². The second-order valence-electron chi connectivity index (χ2n) is 4.94. The molecule has 0 radical (unpaired) electrons. The van der Waals surface area contributed by atoms with Crippen LogP contribution >= 0.6 is 11.3 Å². The van der Waals surface area contributed by atoms with Crippen LogP contribution in [0.25, 0.3) is 4.96 Å². The van der Waals surface area contributed by atoms with Gasteiger partial charge in [0.1, 0.15) is 11.5 Å². The summed E-state index contributed by atoms with van der Waals surface area (Å²) in [7, 11) is 0. The van der Waals surface area contributed by atoms with E-state index in [1.807, 2.05) is 0 Å². The summed E-state index contributed by atoms with van der Waals surface area (Å²) in [6.45, 7) is 0. The molecular weight excluding hydrogens is 348 g/mol. The van der Waals surface area contributed by atoms with Crippen molar-refractivity contribution in [2.24, 2.45) is 0 Å². The molecule has 0 spiro atoms. The van der Waals surface area contributed by atoms with Gasteiger partial charge >= 0.3 is 6.18 Å². The van der Waals surface area contributed by atoms with Crippen molar-refractivity contribution in [1.29, 1.82) is 0 Å². The highest BCUT2D eigenvalue weighted by molar-refractivity contribution is 7.15. The lowest BCUT2D eigenvalue weighted by Gasteiger charge is -2.11. The molecule has 0 saturated heterocycles. The predicted octanol–water partition coefficient (Wildman–Crippen LogP) is 3.32. The SMILES string of the molecule is O=Cc1csc2nc(Cc3cccc(C(F)(F)F)c3F)cc(=O)n12. The normalized spacial score (nSPS) is 11.8. The Kier molecular flexibility index (Phi) is 3.96. The van der Waals surface area contributed by atoms with Gasteiger partial charge in [0.05, 0.1) is 11.3 Å². The third-order valence-electron chi connectivity index (χ3n) is 3.36. The number of thiazole rings is 1. The van der Waals surface area contributed by atoms with Crippen LogP contribution in [-0.4, -0.2) is 15.7 Å². The Balaban J connectivity index is 2.05. The zero-order valence-corrected chi connectivity index (χ0v) is 12.6. The van der Waals surface area contributed by atoms with E-state index in [2.05, 4.69) is 4.98 Å². The third kappa shape index (κ3) is 2.82. The van der Waals surface area contributed by atoms with Crippen LogP contribution in [0.4, 0.5) is 17.6 Å². The molecule has 0 aliphatic carbocycles. The van der Waals surface area contributed by atoms with Crippen molar-refractivity contribution in [1.82, 2.24) is 9.38 Å². The molecule has 9 heteroatoms. The summed E-state index contributed by atoms with van der Waals surface area (Å²) >= 11 is 1.04. The maximum Gasteiger partial charge on any atom is 0.419 e. The largest absolute Gasteiger partial charge is 0.419 e. The molecule has 0 fully saturated rings. The number of rotatable bonds is 3. The van der Waals surface area contributed by atoms with Gasteiger partial charge in [0.25, 0.3) is 5.56 Å². The standard InChI is InChI=1S/C15H8F4N2O2S/c16-13-8(2-1-3-11(13)15(17,18)19)4-9-5-12(23)21-10(6-22)7-24-14(21)20-9/h1-3,5-7H,4H2. The number of aldehydes is 1. The first kappa shape index (κ1) is 16.3. The highest BCUT2D eigenvalue weighted by Crippen LogP contribution is 2.32. The van der Waals surface area contributed by atoms with Crippen LogP contribution < -0.4 is 5.56 Å². The van der Waals surface area contributed by atoms with Crippen molar-refractivity contribution < 1.29 is 22.4 Å². The topological polar surface area (TPSA) is 51.4 Å². The minimum absolute atomic E-state index is 0.123. The number of hydrogen-bond acceptors (Lipinski definition) is 4. The summed E-state index contributed by atoms with van der Waals surface area (Å²) in [5, 5.41) is 1.44. The zero-order chi connectivity index (χ0) is 17.5. The van der Waals surface area contributed by atoms with E-state index in [0.29, 0.717) is 12.4 Å². The van der Waals surface area contributed by atoms with Crippen LogP contribution in [0, 0.1) is 5.82 Å². The number of benzene rings is 1. The number of aromatic nitrogens is 2. The molecule has 3 rings (SSSR count). The Hall–Kier alpha value is -2.55. The maximum atomic E-state index is 14.1. The Labute approximate surface area is 136 Å². The van der Waals surface area contributed by atoms with Gasteiger partial charge in [-0.25, -0.2) is 13.8 Å². The molecule has 1 aromatic carbocycles. The molecule has 2 aromatic heterocycles. The zero-order valence-electron chi connectivity index (χ0n) is 11.8. The van der Waals surface area contributed by atoms with E-state index in [9.17, 15) is 27.2 Å². The minimum atomic E-state index is -4.80. The van der Waals surface area contributed by atoms with Gasteiger partial charge in [0.15, 0.2) is 11.2 Å². The number of fused-ring (bicyclic) bond motifs is 1. The van der Waals surface area contributed by atoms with Gasteiger partial charge in [-0.1, -0.05) is 12.1 Å². The lowest BCUT2D eigenvalue weighted by Crippen LogP contribution is -2.16.